The van der Waals surface area contributed by atoms with Gasteiger partial charge < -0.3 is 14.4 Å². The third-order valence-electron chi connectivity index (χ3n) is 4.65. The maximum absolute atomic E-state index is 14.3. The van der Waals surface area contributed by atoms with Gasteiger partial charge in [0.05, 0.1) is 0 Å². The second kappa shape index (κ2) is 10.5. The van der Waals surface area contributed by atoms with E-state index in [0.717, 1.165) is 11.3 Å². The van der Waals surface area contributed by atoms with E-state index in [-0.39, 0.29) is 0 Å². The van der Waals surface area contributed by atoms with Crippen LogP contribution in [0.1, 0.15) is 5.56 Å². The van der Waals surface area contributed by atoms with Gasteiger partial charge in [0.1, 0.15) is 11.5 Å². The third-order valence-corrected chi connectivity index (χ3v) is 6.56. The summed E-state index contributed by atoms with van der Waals surface area (Å²) in [6.07, 6.45) is 3.74. The summed E-state index contributed by atoms with van der Waals surface area (Å²) in [5, 5.41) is 3.33. The highest BCUT2D eigenvalue weighted by Crippen LogP contribution is 2.53. The number of anilines is 1. The molecule has 0 saturated carbocycles. The van der Waals surface area contributed by atoms with Crippen molar-refractivity contribution in [2.45, 2.75) is 5.78 Å². The van der Waals surface area contributed by atoms with Gasteiger partial charge in [0.15, 0.2) is 5.78 Å². The second-order valence-electron chi connectivity index (χ2n) is 7.07. The van der Waals surface area contributed by atoms with Gasteiger partial charge in [-0.25, -0.2) is 4.57 Å². The van der Waals surface area contributed by atoms with Crippen LogP contribution in [0.3, 0.4) is 0 Å². The van der Waals surface area contributed by atoms with Gasteiger partial charge in [-0.2, -0.15) is 0 Å². The Morgan fingerprint density at radius 1 is 0.625 bits per heavy atom. The fourth-order valence-corrected chi connectivity index (χ4v) is 4.79. The number of rotatable bonds is 9. The smallest absolute Gasteiger partial charge is 0.415 e. The molecule has 0 saturated heterocycles. The number of hydrogen-bond donors (Lipinski definition) is 1. The predicted octanol–water partition coefficient (Wildman–Crippen LogP) is 7.49. The van der Waals surface area contributed by atoms with Gasteiger partial charge in [0, 0.05) is 5.69 Å². The van der Waals surface area contributed by atoms with E-state index in [1.165, 1.54) is 0 Å². The van der Waals surface area contributed by atoms with Crippen LogP contribution in [0.5, 0.6) is 11.5 Å². The van der Waals surface area contributed by atoms with E-state index in [0.29, 0.717) is 11.5 Å². The fraction of sp³-hybridized carbons (Fsp3) is 0.0370. The highest BCUT2D eigenvalue weighted by atomic mass is 31.2. The summed E-state index contributed by atoms with van der Waals surface area (Å²) in [6, 6.07) is 37.6. The first-order valence-electron chi connectivity index (χ1n) is 10.4. The normalized spacial score (nSPS) is 12.2. The quantitative estimate of drug-likeness (QED) is 0.273. The van der Waals surface area contributed by atoms with Crippen molar-refractivity contribution in [1.82, 2.24) is 0 Å². The molecule has 0 aliphatic carbocycles. The molecule has 4 aromatic rings. The molecule has 0 aromatic heterocycles. The first-order chi connectivity index (χ1) is 15.7. The zero-order valence-corrected chi connectivity index (χ0v) is 18.3. The van der Waals surface area contributed by atoms with E-state index in [2.05, 4.69) is 5.32 Å². The van der Waals surface area contributed by atoms with Gasteiger partial charge in [-0.15, -0.1) is 0 Å². The van der Waals surface area contributed by atoms with Gasteiger partial charge >= 0.3 is 7.60 Å². The van der Waals surface area contributed by atoms with Crippen molar-refractivity contribution in [1.29, 1.82) is 0 Å². The zero-order valence-electron chi connectivity index (χ0n) is 17.5. The number of benzene rings is 4. The Bertz CT molecular complexity index is 1120. The van der Waals surface area contributed by atoms with Crippen molar-refractivity contribution in [3.8, 4) is 11.5 Å². The Morgan fingerprint density at radius 2 is 1.06 bits per heavy atom. The predicted molar refractivity (Wildman–Crippen MR) is 131 cm³/mol. The summed E-state index contributed by atoms with van der Waals surface area (Å²) < 4.78 is 26.4. The molecule has 4 nitrogen and oxygen atoms in total. The number of nitrogens with one attached hydrogen (secondary N) is 1. The van der Waals surface area contributed by atoms with E-state index in [1.54, 1.807) is 24.3 Å². The Labute approximate surface area is 188 Å². The lowest BCUT2D eigenvalue weighted by Gasteiger charge is -2.27. The minimum Gasteiger partial charge on any atom is -0.415 e. The van der Waals surface area contributed by atoms with E-state index in [9.17, 15) is 4.57 Å². The lowest BCUT2D eigenvalue weighted by molar-refractivity contribution is 0.381. The average molecular weight is 441 g/mol. The molecule has 0 amide bonds. The molecule has 160 valence electrons. The second-order valence-corrected chi connectivity index (χ2v) is 9.07. The molecule has 4 aromatic carbocycles. The van der Waals surface area contributed by atoms with Crippen LogP contribution >= 0.6 is 7.60 Å². The summed E-state index contributed by atoms with van der Waals surface area (Å²) in [5.41, 5.74) is 1.79. The van der Waals surface area contributed by atoms with Crippen molar-refractivity contribution in [3.05, 3.63) is 133 Å². The Kier molecular flexibility index (Phi) is 7.06. The molecule has 0 spiro atoms. The minimum absolute atomic E-state index is 0.472. The van der Waals surface area contributed by atoms with Gasteiger partial charge in [0.25, 0.3) is 0 Å². The van der Waals surface area contributed by atoms with E-state index >= 15 is 0 Å². The molecule has 1 atom stereocenters. The molecule has 1 N–H and O–H groups in total. The number of hydrogen-bond acceptors (Lipinski definition) is 4. The molecule has 5 heteroatoms. The van der Waals surface area contributed by atoms with E-state index in [4.69, 9.17) is 9.05 Å². The highest BCUT2D eigenvalue weighted by molar-refractivity contribution is 7.55. The highest BCUT2D eigenvalue weighted by Gasteiger charge is 2.38. The molecule has 0 radical (unpaired) electrons. The lowest BCUT2D eigenvalue weighted by Crippen LogP contribution is -2.23. The van der Waals surface area contributed by atoms with Crippen LogP contribution in [-0.2, 0) is 4.57 Å². The van der Waals surface area contributed by atoms with Crippen molar-refractivity contribution < 1.29 is 13.6 Å². The lowest BCUT2D eigenvalue weighted by atomic mass is 10.2. The maximum Gasteiger partial charge on any atom is 0.456 e. The monoisotopic (exact) mass is 441 g/mol. The molecule has 4 rings (SSSR count). The first-order valence-corrected chi connectivity index (χ1v) is 12.0. The third kappa shape index (κ3) is 5.90. The maximum atomic E-state index is 14.3. The zero-order chi connectivity index (χ0) is 22.1. The molecule has 0 fully saturated rings. The summed E-state index contributed by atoms with van der Waals surface area (Å²) in [4.78, 5) is 0. The largest absolute Gasteiger partial charge is 0.456 e. The Balaban J connectivity index is 1.73. The summed E-state index contributed by atoms with van der Waals surface area (Å²) in [5.74, 6) is 0.199. The first kappa shape index (κ1) is 21.5. The van der Waals surface area contributed by atoms with Crippen LogP contribution in [0.25, 0.3) is 6.08 Å². The molecule has 0 aliphatic heterocycles. The van der Waals surface area contributed by atoms with Crippen LogP contribution < -0.4 is 14.4 Å². The van der Waals surface area contributed by atoms with E-state index < -0.39 is 13.4 Å². The van der Waals surface area contributed by atoms with Crippen molar-refractivity contribution in [2.75, 3.05) is 5.32 Å². The SMILES string of the molecule is O=P(Oc1ccccc1)(Oc1ccccc1)C(/C=C/c1ccccc1)Nc1ccccc1. The van der Waals surface area contributed by atoms with Gasteiger partial charge in [-0.3, -0.25) is 0 Å². The van der Waals surface area contributed by atoms with Crippen LogP contribution in [-0.4, -0.2) is 5.78 Å². The standard InChI is InChI=1S/C27H24NO3P/c29-32(30-25-17-9-3-10-18-25,31-26-19-11-4-12-20-26)27(28-24-15-7-2-8-16-24)22-21-23-13-5-1-6-14-23/h1-22,27-28H/b22-21+. The topological polar surface area (TPSA) is 47.6 Å². The molecule has 0 aliphatic rings. The van der Waals surface area contributed by atoms with Crippen LogP contribution in [0.4, 0.5) is 5.69 Å². The molecule has 1 unspecified atom stereocenters. The Morgan fingerprint density at radius 3 is 1.56 bits per heavy atom. The molecule has 32 heavy (non-hydrogen) atoms. The van der Waals surface area contributed by atoms with Crippen molar-refractivity contribution in [2.24, 2.45) is 0 Å². The average Bonchev–Trinajstić information content (AvgIpc) is 2.84. The molecule has 0 heterocycles. The van der Waals surface area contributed by atoms with Crippen LogP contribution in [0.15, 0.2) is 127 Å². The summed E-state index contributed by atoms with van der Waals surface area (Å²) in [6.45, 7) is 0. The van der Waals surface area contributed by atoms with Crippen LogP contribution in [0, 0.1) is 0 Å². The number of para-hydroxylation sites is 3. The van der Waals surface area contributed by atoms with Gasteiger partial charge in [0.2, 0.25) is 0 Å². The van der Waals surface area contributed by atoms with Gasteiger partial charge in [-0.05, 0) is 48.0 Å². The molecule has 0 bridgehead atoms. The van der Waals surface area contributed by atoms with Crippen LogP contribution in [0.2, 0.25) is 0 Å². The molecular formula is C27H24NO3P. The Hall–Kier alpha value is -3.75. The van der Waals surface area contributed by atoms with E-state index in [1.807, 2.05) is 109 Å². The van der Waals surface area contributed by atoms with Gasteiger partial charge in [-0.1, -0.05) is 91.0 Å². The summed E-state index contributed by atoms with van der Waals surface area (Å²) in [7, 11) is -3.77. The summed E-state index contributed by atoms with van der Waals surface area (Å²) >= 11 is 0. The fourth-order valence-electron chi connectivity index (χ4n) is 3.09. The van der Waals surface area contributed by atoms with Crippen molar-refractivity contribution >= 4 is 19.4 Å². The van der Waals surface area contributed by atoms with Crippen molar-refractivity contribution in [3.63, 3.8) is 0 Å². The minimum atomic E-state index is -3.77. The molecular weight excluding hydrogens is 417 g/mol.